The van der Waals surface area contributed by atoms with Crippen LogP contribution in [0.2, 0.25) is 0 Å². The number of amides is 3. The lowest BCUT2D eigenvalue weighted by atomic mass is 10.1. The number of piperidine rings is 1. The van der Waals surface area contributed by atoms with E-state index in [2.05, 4.69) is 5.32 Å². The molecule has 0 aromatic heterocycles. The average molecular weight is 313 g/mol. The molecule has 3 amide bonds. The summed E-state index contributed by atoms with van der Waals surface area (Å²) in [4.78, 5) is 38.2. The van der Waals surface area contributed by atoms with E-state index in [1.807, 2.05) is 0 Å². The van der Waals surface area contributed by atoms with Gasteiger partial charge < -0.3 is 24.6 Å². The first-order valence-electron chi connectivity index (χ1n) is 7.73. The first kappa shape index (κ1) is 16.4. The highest BCUT2D eigenvalue weighted by atomic mass is 16.6. The molecule has 0 spiro atoms. The van der Waals surface area contributed by atoms with E-state index in [4.69, 9.17) is 9.47 Å². The van der Waals surface area contributed by atoms with Crippen LogP contribution in [0.25, 0.3) is 0 Å². The maximum Gasteiger partial charge on any atom is 0.409 e. The lowest BCUT2D eigenvalue weighted by molar-refractivity contribution is -0.132. The van der Waals surface area contributed by atoms with Crippen molar-refractivity contribution in [2.24, 2.45) is 0 Å². The van der Waals surface area contributed by atoms with Crippen LogP contribution in [0.5, 0.6) is 0 Å². The molecule has 2 aliphatic rings. The van der Waals surface area contributed by atoms with E-state index >= 15 is 0 Å². The third-order valence-corrected chi connectivity index (χ3v) is 3.81. The minimum Gasteiger partial charge on any atom is -0.450 e. The van der Waals surface area contributed by atoms with E-state index in [9.17, 15) is 14.4 Å². The van der Waals surface area contributed by atoms with Crippen molar-refractivity contribution in [2.45, 2.75) is 32.2 Å². The van der Waals surface area contributed by atoms with Gasteiger partial charge in [0.2, 0.25) is 5.91 Å². The van der Waals surface area contributed by atoms with Gasteiger partial charge in [0.1, 0.15) is 6.61 Å². The second kappa shape index (κ2) is 7.86. The molecule has 0 radical (unpaired) electrons. The Bertz CT molecular complexity index is 429. The summed E-state index contributed by atoms with van der Waals surface area (Å²) in [6.07, 6.45) is 1.16. The predicted octanol–water partition coefficient (Wildman–Crippen LogP) is 0.566. The fraction of sp³-hybridized carbons (Fsp3) is 0.786. The number of cyclic esters (lactones) is 1. The van der Waals surface area contributed by atoms with Crippen molar-refractivity contribution in [2.75, 3.05) is 39.4 Å². The van der Waals surface area contributed by atoms with E-state index in [0.29, 0.717) is 39.4 Å². The van der Waals surface area contributed by atoms with Crippen LogP contribution in [0, 0.1) is 0 Å². The second-order valence-corrected chi connectivity index (χ2v) is 5.40. The Kier molecular flexibility index (Phi) is 5.85. The molecule has 1 N–H and O–H groups in total. The molecule has 0 aromatic rings. The lowest BCUT2D eigenvalue weighted by Crippen LogP contribution is -2.50. The zero-order chi connectivity index (χ0) is 15.9. The number of nitrogens with one attached hydrogen (secondary N) is 1. The van der Waals surface area contributed by atoms with Gasteiger partial charge in [0, 0.05) is 32.1 Å². The number of ether oxygens (including phenoxy) is 2. The van der Waals surface area contributed by atoms with E-state index in [-0.39, 0.29) is 24.5 Å². The average Bonchev–Trinajstić information content (AvgIpc) is 2.90. The molecule has 2 aliphatic heterocycles. The van der Waals surface area contributed by atoms with Crippen LogP contribution in [-0.4, -0.2) is 73.3 Å². The van der Waals surface area contributed by atoms with Crippen molar-refractivity contribution < 1.29 is 23.9 Å². The van der Waals surface area contributed by atoms with Crippen molar-refractivity contribution in [3.05, 3.63) is 0 Å². The zero-order valence-corrected chi connectivity index (χ0v) is 12.9. The van der Waals surface area contributed by atoms with Crippen LogP contribution in [0.4, 0.5) is 9.59 Å². The Labute approximate surface area is 129 Å². The van der Waals surface area contributed by atoms with Crippen molar-refractivity contribution in [1.29, 1.82) is 0 Å². The normalized spacial score (nSPS) is 21.5. The Morgan fingerprint density at radius 2 is 2.23 bits per heavy atom. The molecule has 2 fully saturated rings. The summed E-state index contributed by atoms with van der Waals surface area (Å²) in [5.74, 6) is -0.00458. The van der Waals surface area contributed by atoms with Crippen molar-refractivity contribution in [3.63, 3.8) is 0 Å². The summed E-state index contributed by atoms with van der Waals surface area (Å²) in [5.41, 5.74) is 0. The molecule has 8 heteroatoms. The van der Waals surface area contributed by atoms with Crippen LogP contribution < -0.4 is 5.32 Å². The maximum atomic E-state index is 12.2. The van der Waals surface area contributed by atoms with Gasteiger partial charge in [-0.3, -0.25) is 4.79 Å². The number of nitrogens with zero attached hydrogens (tertiary/aromatic N) is 2. The summed E-state index contributed by atoms with van der Waals surface area (Å²) in [6, 6.07) is -0.0755. The van der Waals surface area contributed by atoms with Crippen molar-refractivity contribution in [3.8, 4) is 0 Å². The molecule has 2 rings (SSSR count). The number of carbonyl (C=O) groups excluding carboxylic acids is 3. The Hall–Kier alpha value is -1.99. The van der Waals surface area contributed by atoms with Crippen LogP contribution >= 0.6 is 0 Å². The largest absolute Gasteiger partial charge is 0.450 e. The number of alkyl carbamates (subject to hydrolysis) is 1. The highest BCUT2D eigenvalue weighted by Gasteiger charge is 2.27. The summed E-state index contributed by atoms with van der Waals surface area (Å²) in [7, 11) is 0. The smallest absolute Gasteiger partial charge is 0.409 e. The van der Waals surface area contributed by atoms with Gasteiger partial charge in [-0.1, -0.05) is 0 Å². The Morgan fingerprint density at radius 3 is 2.91 bits per heavy atom. The van der Waals surface area contributed by atoms with E-state index in [0.717, 1.165) is 12.8 Å². The third kappa shape index (κ3) is 4.51. The Morgan fingerprint density at radius 1 is 1.41 bits per heavy atom. The lowest BCUT2D eigenvalue weighted by Gasteiger charge is -2.33. The second-order valence-electron chi connectivity index (χ2n) is 5.40. The molecule has 2 heterocycles. The van der Waals surface area contributed by atoms with Gasteiger partial charge in [0.25, 0.3) is 0 Å². The van der Waals surface area contributed by atoms with Crippen molar-refractivity contribution in [1.82, 2.24) is 15.1 Å². The molecule has 124 valence electrons. The molecule has 0 aliphatic carbocycles. The molecule has 1 atom stereocenters. The molecule has 0 aromatic carbocycles. The number of hydrogen-bond donors (Lipinski definition) is 1. The third-order valence-electron chi connectivity index (χ3n) is 3.81. The van der Waals surface area contributed by atoms with Crippen molar-refractivity contribution >= 4 is 18.1 Å². The topological polar surface area (TPSA) is 88.2 Å². The van der Waals surface area contributed by atoms with Gasteiger partial charge >= 0.3 is 12.2 Å². The Balaban J connectivity index is 1.74. The minimum atomic E-state index is -0.443. The molecule has 8 nitrogen and oxygen atoms in total. The molecular formula is C14H23N3O5. The maximum absolute atomic E-state index is 12.2. The number of carbonyl (C=O) groups is 3. The van der Waals surface area contributed by atoms with Crippen LogP contribution in [0.15, 0.2) is 0 Å². The summed E-state index contributed by atoms with van der Waals surface area (Å²) in [6.45, 7) is 4.56. The molecule has 2 saturated heterocycles. The van der Waals surface area contributed by atoms with Crippen LogP contribution in [0.1, 0.15) is 26.2 Å². The molecule has 22 heavy (non-hydrogen) atoms. The first-order chi connectivity index (χ1) is 10.6. The highest BCUT2D eigenvalue weighted by Crippen LogP contribution is 2.12. The van der Waals surface area contributed by atoms with Gasteiger partial charge in [-0.15, -0.1) is 0 Å². The molecule has 0 unspecified atom stereocenters. The predicted molar refractivity (Wildman–Crippen MR) is 77.3 cm³/mol. The zero-order valence-electron chi connectivity index (χ0n) is 12.9. The number of rotatable bonds is 5. The summed E-state index contributed by atoms with van der Waals surface area (Å²) >= 11 is 0. The first-order valence-corrected chi connectivity index (χ1v) is 7.73. The van der Waals surface area contributed by atoms with Gasteiger partial charge in [-0.25, -0.2) is 9.59 Å². The fourth-order valence-electron chi connectivity index (χ4n) is 2.68. The fourth-order valence-corrected chi connectivity index (χ4v) is 2.68. The van der Waals surface area contributed by atoms with Crippen LogP contribution in [-0.2, 0) is 14.3 Å². The van der Waals surface area contributed by atoms with Crippen LogP contribution in [0.3, 0.4) is 0 Å². The van der Waals surface area contributed by atoms with Gasteiger partial charge in [-0.05, 0) is 19.8 Å². The SMILES string of the molecule is CCOC(=O)N[C@H]1CCCN(C(=O)CCN2CCOC2=O)C1. The monoisotopic (exact) mass is 313 g/mol. The van der Waals surface area contributed by atoms with Gasteiger partial charge in [0.05, 0.1) is 13.2 Å². The minimum absolute atomic E-state index is 0.00458. The van der Waals surface area contributed by atoms with E-state index in [1.54, 1.807) is 11.8 Å². The summed E-state index contributed by atoms with van der Waals surface area (Å²) in [5, 5.41) is 2.77. The standard InChI is InChI=1S/C14H23N3O5/c1-2-21-13(19)15-11-4-3-6-17(10-11)12(18)5-7-16-8-9-22-14(16)20/h11H,2-10H2,1H3,(H,15,19)/t11-/m0/s1. The van der Waals surface area contributed by atoms with E-state index in [1.165, 1.54) is 4.90 Å². The number of hydrogen-bond acceptors (Lipinski definition) is 5. The molecular weight excluding hydrogens is 290 g/mol. The quantitative estimate of drug-likeness (QED) is 0.801. The van der Waals surface area contributed by atoms with E-state index < -0.39 is 6.09 Å². The molecule has 0 saturated carbocycles. The summed E-state index contributed by atoms with van der Waals surface area (Å²) < 4.78 is 9.68. The van der Waals surface area contributed by atoms with Gasteiger partial charge in [-0.2, -0.15) is 0 Å². The van der Waals surface area contributed by atoms with Gasteiger partial charge in [0.15, 0.2) is 0 Å². The highest BCUT2D eigenvalue weighted by molar-refractivity contribution is 5.77. The molecule has 0 bridgehead atoms. The number of likely N-dealkylation sites (tertiary alicyclic amines) is 1.